The number of hydrogen-bond acceptors (Lipinski definition) is 2. The molecule has 2 rings (SSSR count). The monoisotopic (exact) mass is 297 g/mol. The van der Waals surface area contributed by atoms with Crippen LogP contribution in [0.15, 0.2) is 33.4 Å². The van der Waals surface area contributed by atoms with Gasteiger partial charge in [-0.1, -0.05) is 0 Å². The maximum atomic E-state index is 5.48. The van der Waals surface area contributed by atoms with E-state index in [9.17, 15) is 0 Å². The van der Waals surface area contributed by atoms with E-state index in [4.69, 9.17) is 9.15 Å². The van der Waals surface area contributed by atoms with E-state index in [0.717, 1.165) is 35.5 Å². The van der Waals surface area contributed by atoms with E-state index in [1.807, 2.05) is 12.1 Å². The van der Waals surface area contributed by atoms with Crippen molar-refractivity contribution in [2.24, 2.45) is 0 Å². The van der Waals surface area contributed by atoms with E-state index in [2.05, 4.69) is 33.5 Å². The Bertz CT molecular complexity index is 474. The van der Waals surface area contributed by atoms with Crippen LogP contribution in [-0.4, -0.2) is 18.3 Å². The Morgan fingerprint density at radius 1 is 1.47 bits per heavy atom. The van der Waals surface area contributed by atoms with E-state index < -0.39 is 0 Å². The summed E-state index contributed by atoms with van der Waals surface area (Å²) < 4.78 is 13.9. The highest BCUT2D eigenvalue weighted by atomic mass is 79.9. The fourth-order valence-electron chi connectivity index (χ4n) is 1.95. The Morgan fingerprint density at radius 2 is 2.29 bits per heavy atom. The number of halogens is 1. The van der Waals surface area contributed by atoms with E-state index in [1.54, 1.807) is 13.4 Å². The lowest BCUT2D eigenvalue weighted by atomic mass is 10.3. The summed E-state index contributed by atoms with van der Waals surface area (Å²) in [5.41, 5.74) is 2.32. The highest BCUT2D eigenvalue weighted by Gasteiger charge is 2.14. The normalized spacial score (nSPS) is 11.0. The van der Waals surface area contributed by atoms with Gasteiger partial charge in [0.2, 0.25) is 0 Å². The molecule has 0 aliphatic rings. The van der Waals surface area contributed by atoms with E-state index in [1.165, 1.54) is 5.69 Å². The van der Waals surface area contributed by atoms with Crippen molar-refractivity contribution in [1.82, 2.24) is 4.57 Å². The number of ether oxygens (including phenoxy) is 1. The van der Waals surface area contributed by atoms with Crippen LogP contribution in [-0.2, 0) is 11.3 Å². The summed E-state index contributed by atoms with van der Waals surface area (Å²) in [6.07, 6.45) is 2.69. The molecule has 2 aromatic heterocycles. The van der Waals surface area contributed by atoms with Crippen molar-refractivity contribution < 1.29 is 9.15 Å². The molecular weight excluding hydrogens is 282 g/mol. The summed E-state index contributed by atoms with van der Waals surface area (Å²) in [5, 5.41) is 0. The third-order valence-electron chi connectivity index (χ3n) is 2.74. The molecule has 0 N–H and O–H groups in total. The van der Waals surface area contributed by atoms with Crippen LogP contribution in [0.2, 0.25) is 0 Å². The molecule has 0 aromatic carbocycles. The number of methoxy groups -OCH3 is 1. The predicted octanol–water partition coefficient (Wildman–Crippen LogP) is 3.86. The van der Waals surface area contributed by atoms with E-state index in [-0.39, 0.29) is 0 Å². The number of aryl methyl sites for hydroxylation is 1. The van der Waals surface area contributed by atoms with Crippen LogP contribution in [0.25, 0.3) is 11.5 Å². The second-order valence-electron chi connectivity index (χ2n) is 3.96. The van der Waals surface area contributed by atoms with Gasteiger partial charge in [-0.3, -0.25) is 0 Å². The number of nitrogens with zero attached hydrogens (tertiary/aromatic N) is 1. The first-order valence-electron chi connectivity index (χ1n) is 5.62. The van der Waals surface area contributed by atoms with Crippen LogP contribution >= 0.6 is 15.9 Å². The number of hydrogen-bond donors (Lipinski definition) is 0. The first-order chi connectivity index (χ1) is 8.24. The van der Waals surface area contributed by atoms with Gasteiger partial charge in [-0.15, -0.1) is 0 Å². The zero-order valence-electron chi connectivity index (χ0n) is 10.1. The number of rotatable bonds is 5. The molecule has 0 unspecified atom stereocenters. The number of furan rings is 1. The third-order valence-corrected chi connectivity index (χ3v) is 3.35. The first kappa shape index (κ1) is 12.5. The Hall–Kier alpha value is -1.00. The van der Waals surface area contributed by atoms with E-state index >= 15 is 0 Å². The van der Waals surface area contributed by atoms with Gasteiger partial charge in [-0.2, -0.15) is 0 Å². The summed E-state index contributed by atoms with van der Waals surface area (Å²) in [7, 11) is 1.73. The molecule has 0 saturated heterocycles. The first-order valence-corrected chi connectivity index (χ1v) is 6.41. The molecule has 0 fully saturated rings. The molecule has 2 aromatic rings. The minimum Gasteiger partial charge on any atom is -0.463 e. The van der Waals surface area contributed by atoms with Crippen molar-refractivity contribution in [2.45, 2.75) is 19.9 Å². The molecule has 2 heterocycles. The van der Waals surface area contributed by atoms with Crippen LogP contribution < -0.4 is 0 Å². The van der Waals surface area contributed by atoms with Gasteiger partial charge in [-0.25, -0.2) is 0 Å². The lowest BCUT2D eigenvalue weighted by Crippen LogP contribution is -2.04. The standard InChI is InChI=1S/C13H16BrNO2/c1-10-9-11(14)13(12-5-3-8-17-12)15(10)6-4-7-16-2/h3,5,8-9H,4,6-7H2,1-2H3. The minimum atomic E-state index is 0.771. The molecule has 0 spiro atoms. The van der Waals surface area contributed by atoms with Crippen LogP contribution in [0.5, 0.6) is 0 Å². The van der Waals surface area contributed by atoms with Gasteiger partial charge in [0.1, 0.15) is 0 Å². The quantitative estimate of drug-likeness (QED) is 0.784. The average molecular weight is 298 g/mol. The summed E-state index contributed by atoms with van der Waals surface area (Å²) in [6.45, 7) is 3.80. The molecule has 0 bridgehead atoms. The molecule has 0 atom stereocenters. The van der Waals surface area contributed by atoms with Gasteiger partial charge in [0.25, 0.3) is 0 Å². The zero-order chi connectivity index (χ0) is 12.3. The van der Waals surface area contributed by atoms with Gasteiger partial charge >= 0.3 is 0 Å². The zero-order valence-corrected chi connectivity index (χ0v) is 11.7. The summed E-state index contributed by atoms with van der Waals surface area (Å²) in [4.78, 5) is 0. The minimum absolute atomic E-state index is 0.771. The van der Waals surface area contributed by atoms with Crippen molar-refractivity contribution in [3.8, 4) is 11.5 Å². The maximum Gasteiger partial charge on any atom is 0.151 e. The average Bonchev–Trinajstić information content (AvgIpc) is 2.88. The molecule has 92 valence electrons. The predicted molar refractivity (Wildman–Crippen MR) is 71.1 cm³/mol. The van der Waals surface area contributed by atoms with Crippen LogP contribution in [0.3, 0.4) is 0 Å². The van der Waals surface area contributed by atoms with Gasteiger partial charge in [0.05, 0.1) is 12.0 Å². The summed E-state index contributed by atoms with van der Waals surface area (Å²) in [6, 6.07) is 6.00. The Morgan fingerprint density at radius 3 is 2.94 bits per heavy atom. The summed E-state index contributed by atoms with van der Waals surface area (Å²) in [5.74, 6) is 0.891. The van der Waals surface area contributed by atoms with E-state index in [0.29, 0.717) is 0 Å². The largest absolute Gasteiger partial charge is 0.463 e. The highest BCUT2D eigenvalue weighted by molar-refractivity contribution is 9.10. The Balaban J connectivity index is 2.30. The van der Waals surface area contributed by atoms with Crippen LogP contribution in [0, 0.1) is 6.92 Å². The molecule has 0 aliphatic carbocycles. The Kier molecular flexibility index (Phi) is 4.07. The molecule has 0 amide bonds. The van der Waals surface area contributed by atoms with Crippen molar-refractivity contribution in [3.63, 3.8) is 0 Å². The lowest BCUT2D eigenvalue weighted by molar-refractivity contribution is 0.190. The second kappa shape index (κ2) is 5.56. The summed E-state index contributed by atoms with van der Waals surface area (Å²) >= 11 is 3.59. The van der Waals surface area contributed by atoms with Gasteiger partial charge in [0, 0.05) is 30.4 Å². The smallest absolute Gasteiger partial charge is 0.151 e. The van der Waals surface area contributed by atoms with Gasteiger partial charge < -0.3 is 13.7 Å². The Labute approximate surface area is 110 Å². The van der Waals surface area contributed by atoms with Gasteiger partial charge in [-0.05, 0) is 47.5 Å². The third kappa shape index (κ3) is 2.64. The molecule has 0 saturated carbocycles. The topological polar surface area (TPSA) is 27.3 Å². The highest BCUT2D eigenvalue weighted by Crippen LogP contribution is 2.32. The van der Waals surface area contributed by atoms with Crippen molar-refractivity contribution in [1.29, 1.82) is 0 Å². The fourth-order valence-corrected chi connectivity index (χ4v) is 2.69. The molecule has 0 aliphatic heterocycles. The van der Waals surface area contributed by atoms with Crippen molar-refractivity contribution >= 4 is 15.9 Å². The molecule has 4 heteroatoms. The lowest BCUT2D eigenvalue weighted by Gasteiger charge is -2.10. The van der Waals surface area contributed by atoms with Crippen LogP contribution in [0.1, 0.15) is 12.1 Å². The SMILES string of the molecule is COCCCn1c(C)cc(Br)c1-c1ccco1. The van der Waals surface area contributed by atoms with Gasteiger partial charge in [0.15, 0.2) is 5.76 Å². The second-order valence-corrected chi connectivity index (χ2v) is 4.81. The fraction of sp³-hybridized carbons (Fsp3) is 0.385. The molecular formula is C13H16BrNO2. The molecule has 17 heavy (non-hydrogen) atoms. The maximum absolute atomic E-state index is 5.48. The molecule has 0 radical (unpaired) electrons. The van der Waals surface area contributed by atoms with Crippen molar-refractivity contribution in [3.05, 3.63) is 34.6 Å². The van der Waals surface area contributed by atoms with Crippen molar-refractivity contribution in [2.75, 3.05) is 13.7 Å². The van der Waals surface area contributed by atoms with Crippen LogP contribution in [0.4, 0.5) is 0 Å². The molecule has 3 nitrogen and oxygen atoms in total. The number of aromatic nitrogens is 1.